The third-order valence-electron chi connectivity index (χ3n) is 4.51. The maximum Gasteiger partial charge on any atom is 0.264 e. The molecular weight excluding hydrogens is 372 g/mol. The van der Waals surface area contributed by atoms with Crippen molar-refractivity contribution in [2.24, 2.45) is 0 Å². The molecule has 0 aliphatic heterocycles. The SMILES string of the molecule is COc1ccc(-c2noc(COc3ccc4ccccc4c3C=O)n2)cc1OC. The van der Waals surface area contributed by atoms with Gasteiger partial charge in [-0.1, -0.05) is 35.5 Å². The van der Waals surface area contributed by atoms with Gasteiger partial charge >= 0.3 is 0 Å². The van der Waals surface area contributed by atoms with Crippen molar-refractivity contribution in [3.63, 3.8) is 0 Å². The van der Waals surface area contributed by atoms with Crippen LogP contribution < -0.4 is 14.2 Å². The van der Waals surface area contributed by atoms with Gasteiger partial charge in [-0.15, -0.1) is 0 Å². The lowest BCUT2D eigenvalue weighted by molar-refractivity contribution is 0.111. The third-order valence-corrected chi connectivity index (χ3v) is 4.51. The molecule has 0 aliphatic carbocycles. The van der Waals surface area contributed by atoms with E-state index in [0.717, 1.165) is 22.6 Å². The number of nitrogens with zero attached hydrogens (tertiary/aromatic N) is 2. The average Bonchev–Trinajstić information content (AvgIpc) is 3.25. The van der Waals surface area contributed by atoms with Crippen LogP contribution in [0.5, 0.6) is 17.2 Å². The molecule has 0 bridgehead atoms. The number of rotatable bonds is 7. The van der Waals surface area contributed by atoms with Crippen molar-refractivity contribution in [3.8, 4) is 28.6 Å². The number of hydrogen-bond donors (Lipinski definition) is 0. The van der Waals surface area contributed by atoms with E-state index in [9.17, 15) is 4.79 Å². The molecule has 0 N–H and O–H groups in total. The first-order chi connectivity index (χ1) is 14.2. The fourth-order valence-corrected chi connectivity index (χ4v) is 3.07. The molecule has 0 spiro atoms. The summed E-state index contributed by atoms with van der Waals surface area (Å²) in [4.78, 5) is 16.0. The van der Waals surface area contributed by atoms with Gasteiger partial charge in [0.25, 0.3) is 5.89 Å². The molecule has 0 fully saturated rings. The zero-order valence-electron chi connectivity index (χ0n) is 15.9. The molecule has 4 aromatic rings. The van der Waals surface area contributed by atoms with Crippen LogP contribution in [-0.4, -0.2) is 30.6 Å². The van der Waals surface area contributed by atoms with Crippen LogP contribution in [0.4, 0.5) is 0 Å². The highest BCUT2D eigenvalue weighted by Gasteiger charge is 2.14. The van der Waals surface area contributed by atoms with Gasteiger partial charge in [-0.25, -0.2) is 0 Å². The Morgan fingerprint density at radius 3 is 2.55 bits per heavy atom. The number of ether oxygens (including phenoxy) is 3. The summed E-state index contributed by atoms with van der Waals surface area (Å²) >= 11 is 0. The minimum atomic E-state index is 0.0411. The van der Waals surface area contributed by atoms with E-state index in [1.54, 1.807) is 32.4 Å². The number of carbonyl (C=O) groups is 1. The van der Waals surface area contributed by atoms with Crippen molar-refractivity contribution in [2.75, 3.05) is 14.2 Å². The van der Waals surface area contributed by atoms with Crippen LogP contribution in [-0.2, 0) is 6.61 Å². The van der Waals surface area contributed by atoms with Gasteiger partial charge in [-0.3, -0.25) is 4.79 Å². The lowest BCUT2D eigenvalue weighted by atomic mass is 10.0. The van der Waals surface area contributed by atoms with Gasteiger partial charge in [0.15, 0.2) is 24.4 Å². The Balaban J connectivity index is 1.55. The van der Waals surface area contributed by atoms with Crippen molar-refractivity contribution < 1.29 is 23.5 Å². The summed E-state index contributed by atoms with van der Waals surface area (Å²) in [6.07, 6.45) is 0.792. The molecule has 0 unspecified atom stereocenters. The summed E-state index contributed by atoms with van der Waals surface area (Å²) in [5, 5.41) is 5.79. The van der Waals surface area contributed by atoms with Crippen LogP contribution in [0.1, 0.15) is 16.2 Å². The zero-order chi connectivity index (χ0) is 20.2. The molecular formula is C22H18N2O5. The maximum atomic E-state index is 11.6. The van der Waals surface area contributed by atoms with Gasteiger partial charge in [-0.2, -0.15) is 4.98 Å². The molecule has 29 heavy (non-hydrogen) atoms. The molecule has 0 amide bonds. The number of fused-ring (bicyclic) bond motifs is 1. The molecule has 7 heteroatoms. The van der Waals surface area contributed by atoms with Crippen LogP contribution in [0, 0.1) is 0 Å². The molecule has 0 saturated heterocycles. The van der Waals surface area contributed by atoms with Crippen molar-refractivity contribution >= 4 is 17.1 Å². The Labute approximate surface area is 166 Å². The lowest BCUT2D eigenvalue weighted by Gasteiger charge is -2.09. The van der Waals surface area contributed by atoms with Crippen LogP contribution in [0.3, 0.4) is 0 Å². The van der Waals surface area contributed by atoms with Gasteiger partial charge in [-0.05, 0) is 35.0 Å². The predicted octanol–water partition coefficient (Wildman–Crippen LogP) is 4.30. The van der Waals surface area contributed by atoms with E-state index in [4.69, 9.17) is 18.7 Å². The Morgan fingerprint density at radius 1 is 0.966 bits per heavy atom. The van der Waals surface area contributed by atoms with Crippen LogP contribution >= 0.6 is 0 Å². The van der Waals surface area contributed by atoms with Crippen molar-refractivity contribution in [2.45, 2.75) is 6.61 Å². The Morgan fingerprint density at radius 2 is 1.76 bits per heavy atom. The minimum Gasteiger partial charge on any atom is -0.493 e. The number of carbonyl (C=O) groups excluding carboxylic acids is 1. The first-order valence-electron chi connectivity index (χ1n) is 8.88. The summed E-state index contributed by atoms with van der Waals surface area (Å²) in [7, 11) is 3.13. The van der Waals surface area contributed by atoms with E-state index in [2.05, 4.69) is 10.1 Å². The number of benzene rings is 3. The molecule has 0 saturated carbocycles. The van der Waals surface area contributed by atoms with Crippen LogP contribution in [0.2, 0.25) is 0 Å². The van der Waals surface area contributed by atoms with E-state index in [-0.39, 0.29) is 6.61 Å². The van der Waals surface area contributed by atoms with Gasteiger partial charge in [0.1, 0.15) is 5.75 Å². The molecule has 0 aliphatic rings. The zero-order valence-corrected chi connectivity index (χ0v) is 15.9. The topological polar surface area (TPSA) is 83.7 Å². The monoisotopic (exact) mass is 390 g/mol. The largest absolute Gasteiger partial charge is 0.493 e. The van der Waals surface area contributed by atoms with Gasteiger partial charge in [0, 0.05) is 5.56 Å². The molecule has 4 rings (SSSR count). The second-order valence-corrected chi connectivity index (χ2v) is 6.19. The molecule has 0 atom stereocenters. The second kappa shape index (κ2) is 8.02. The number of methoxy groups -OCH3 is 2. The highest BCUT2D eigenvalue weighted by atomic mass is 16.5. The second-order valence-electron chi connectivity index (χ2n) is 6.19. The molecule has 146 valence electrons. The fraction of sp³-hybridized carbons (Fsp3) is 0.136. The Bertz CT molecular complexity index is 1170. The summed E-state index contributed by atoms with van der Waals surface area (Å²) in [6.45, 7) is 0.0411. The molecule has 3 aromatic carbocycles. The number of aromatic nitrogens is 2. The standard InChI is InChI=1S/C22H18N2O5/c1-26-19-10-8-15(11-20(19)27-2)22-23-21(29-24-22)13-28-18-9-7-14-5-3-4-6-16(14)17(18)12-25/h3-12H,13H2,1-2H3. The first kappa shape index (κ1) is 18.5. The number of aldehydes is 1. The lowest BCUT2D eigenvalue weighted by Crippen LogP contribution is -1.99. The van der Waals surface area contributed by atoms with E-state index in [1.807, 2.05) is 36.4 Å². The minimum absolute atomic E-state index is 0.0411. The summed E-state index contributed by atoms with van der Waals surface area (Å²) < 4.78 is 21.6. The molecule has 0 radical (unpaired) electrons. The normalized spacial score (nSPS) is 10.7. The quantitative estimate of drug-likeness (QED) is 0.435. The van der Waals surface area contributed by atoms with Gasteiger partial charge < -0.3 is 18.7 Å². The highest BCUT2D eigenvalue weighted by molar-refractivity contribution is 6.00. The highest BCUT2D eigenvalue weighted by Crippen LogP contribution is 2.31. The van der Waals surface area contributed by atoms with Crippen LogP contribution in [0.15, 0.2) is 59.1 Å². The summed E-state index contributed by atoms with van der Waals surface area (Å²) in [5.74, 6) is 2.34. The van der Waals surface area contributed by atoms with Crippen molar-refractivity contribution in [3.05, 3.63) is 66.1 Å². The molecule has 1 heterocycles. The Kier molecular flexibility index (Phi) is 5.11. The van der Waals surface area contributed by atoms with Crippen LogP contribution in [0.25, 0.3) is 22.2 Å². The third kappa shape index (κ3) is 3.62. The van der Waals surface area contributed by atoms with Gasteiger partial charge in [0.05, 0.1) is 19.8 Å². The first-order valence-corrected chi connectivity index (χ1v) is 8.88. The van der Waals surface area contributed by atoms with E-state index in [1.165, 1.54) is 0 Å². The molecule has 7 nitrogen and oxygen atoms in total. The Hall–Kier alpha value is -3.87. The smallest absolute Gasteiger partial charge is 0.264 e. The predicted molar refractivity (Wildman–Crippen MR) is 107 cm³/mol. The fourth-order valence-electron chi connectivity index (χ4n) is 3.07. The van der Waals surface area contributed by atoms with E-state index in [0.29, 0.717) is 34.5 Å². The summed E-state index contributed by atoms with van der Waals surface area (Å²) in [5.41, 5.74) is 1.21. The molecule has 1 aromatic heterocycles. The summed E-state index contributed by atoms with van der Waals surface area (Å²) in [6, 6.07) is 16.6. The maximum absolute atomic E-state index is 11.6. The van der Waals surface area contributed by atoms with Crippen molar-refractivity contribution in [1.29, 1.82) is 0 Å². The average molecular weight is 390 g/mol. The number of hydrogen-bond acceptors (Lipinski definition) is 7. The van der Waals surface area contributed by atoms with Crippen molar-refractivity contribution in [1.82, 2.24) is 10.1 Å². The van der Waals surface area contributed by atoms with E-state index >= 15 is 0 Å². The van der Waals surface area contributed by atoms with E-state index < -0.39 is 0 Å². The van der Waals surface area contributed by atoms with Gasteiger partial charge in [0.2, 0.25) is 5.82 Å².